The molecule has 1 unspecified atom stereocenters. The van der Waals surface area contributed by atoms with Crippen LogP contribution >= 0.6 is 0 Å². The number of carbonyl (C=O) groups excluding carboxylic acids is 3. The highest BCUT2D eigenvalue weighted by Crippen LogP contribution is 2.47. The highest BCUT2D eigenvalue weighted by molar-refractivity contribution is 6.04. The van der Waals surface area contributed by atoms with Gasteiger partial charge in [0.05, 0.1) is 6.61 Å². The van der Waals surface area contributed by atoms with Crippen LogP contribution < -0.4 is 11.0 Å². The molecule has 43 heavy (non-hydrogen) atoms. The number of nitrogens with two attached hydrogens (primary N) is 1. The molecule has 10 nitrogen and oxygen atoms in total. The maximum Gasteiger partial charge on any atom is 0.404 e. The molecular formula is C33H46N2O8. The van der Waals surface area contributed by atoms with Crippen LogP contribution in [0.4, 0.5) is 4.79 Å². The number of ketones is 1. The Morgan fingerprint density at radius 3 is 2.35 bits per heavy atom. The topological polar surface area (TPSA) is 135 Å². The minimum absolute atomic E-state index is 0.0183. The molecular weight excluding hydrogens is 552 g/mol. The van der Waals surface area contributed by atoms with Crippen molar-refractivity contribution in [1.82, 2.24) is 5.32 Å². The first-order valence-corrected chi connectivity index (χ1v) is 15.0. The molecule has 2 amide bonds. The van der Waals surface area contributed by atoms with Crippen LogP contribution in [0.2, 0.25) is 1.41 Å². The van der Waals surface area contributed by atoms with E-state index in [0.717, 1.165) is 40.7 Å². The fraction of sp³-hybridized carbons (Fsp3) is 0.545. The van der Waals surface area contributed by atoms with Crippen molar-refractivity contribution in [2.75, 3.05) is 67.0 Å². The molecule has 2 aromatic carbocycles. The largest absolute Gasteiger partial charge is 0.449 e. The third-order valence-corrected chi connectivity index (χ3v) is 7.32. The van der Waals surface area contributed by atoms with Gasteiger partial charge in [-0.25, -0.2) is 4.79 Å². The van der Waals surface area contributed by atoms with E-state index in [1.54, 1.807) is 19.9 Å². The number of methoxy groups -OCH3 is 2. The van der Waals surface area contributed by atoms with Gasteiger partial charge in [0, 0.05) is 78.1 Å². The number of hydrogen-bond donors (Lipinski definition) is 2. The number of primary amides is 1. The molecule has 3 rings (SSSR count). The number of carbonyl (C=O) groups is 3. The van der Waals surface area contributed by atoms with Crippen LogP contribution in [0, 0.1) is 0 Å². The molecule has 0 spiro atoms. The van der Waals surface area contributed by atoms with Crippen LogP contribution in [0.25, 0.3) is 11.1 Å². The molecule has 0 saturated carbocycles. The van der Waals surface area contributed by atoms with Gasteiger partial charge in [-0.3, -0.25) is 9.59 Å². The second-order valence-electron chi connectivity index (χ2n) is 10.5. The number of Topliss-reactive ketones (excluding diaryl/α,β-unsaturated/α-hetero) is 1. The molecule has 1 aliphatic rings. The summed E-state index contributed by atoms with van der Waals surface area (Å²) in [5, 5.41) is 2.89. The minimum Gasteiger partial charge on any atom is -0.449 e. The Balaban J connectivity index is 1.63. The molecule has 2 aromatic rings. The van der Waals surface area contributed by atoms with Crippen molar-refractivity contribution in [2.45, 2.75) is 50.9 Å². The molecule has 0 heterocycles. The molecule has 3 N–H and O–H groups in total. The van der Waals surface area contributed by atoms with Crippen molar-refractivity contribution in [1.29, 1.82) is 0 Å². The summed E-state index contributed by atoms with van der Waals surface area (Å²) in [6, 6.07) is 11.8. The molecule has 0 aliphatic heterocycles. The van der Waals surface area contributed by atoms with E-state index in [-0.39, 0.29) is 24.2 Å². The predicted molar refractivity (Wildman–Crippen MR) is 163 cm³/mol. The molecule has 0 saturated heterocycles. The van der Waals surface area contributed by atoms with Crippen LogP contribution in [0.15, 0.2) is 36.4 Å². The fourth-order valence-electron chi connectivity index (χ4n) is 5.27. The number of hydrogen-bond acceptors (Lipinski definition) is 8. The monoisotopic (exact) mass is 599 g/mol. The lowest BCUT2D eigenvalue weighted by atomic mass is 9.93. The average molecular weight is 600 g/mol. The van der Waals surface area contributed by atoms with Crippen molar-refractivity contribution in [3.05, 3.63) is 58.7 Å². The molecule has 1 aliphatic carbocycles. The Morgan fingerprint density at radius 2 is 1.60 bits per heavy atom. The summed E-state index contributed by atoms with van der Waals surface area (Å²) in [6.07, 6.45) is 3.55. The summed E-state index contributed by atoms with van der Waals surface area (Å²) in [6.45, 7) is 3.98. The van der Waals surface area contributed by atoms with Gasteiger partial charge in [0.2, 0.25) is 5.91 Å². The van der Waals surface area contributed by atoms with Crippen LogP contribution in [-0.4, -0.2) is 84.8 Å². The minimum atomic E-state index is -0.833. The summed E-state index contributed by atoms with van der Waals surface area (Å²) in [5.74, 6) is -0.259. The quantitative estimate of drug-likeness (QED) is 0.150. The number of amides is 2. The highest BCUT2D eigenvalue weighted by atomic mass is 16.5. The number of nitrogens with one attached hydrogen (secondary N) is 1. The van der Waals surface area contributed by atoms with E-state index >= 15 is 0 Å². The van der Waals surface area contributed by atoms with Crippen LogP contribution in [0.1, 0.15) is 71.5 Å². The zero-order valence-corrected chi connectivity index (χ0v) is 25.4. The third kappa shape index (κ3) is 11.0. The van der Waals surface area contributed by atoms with Gasteiger partial charge in [-0.1, -0.05) is 36.4 Å². The summed E-state index contributed by atoms with van der Waals surface area (Å²) in [7, 11) is 3.31. The van der Waals surface area contributed by atoms with Gasteiger partial charge < -0.3 is 34.7 Å². The van der Waals surface area contributed by atoms with E-state index in [2.05, 4.69) is 11.4 Å². The first-order chi connectivity index (χ1) is 21.5. The number of fused-ring (bicyclic) bond motifs is 3. The molecule has 0 radical (unpaired) electrons. The normalized spacial score (nSPS) is 13.6. The Bertz CT molecular complexity index is 1210. The van der Waals surface area contributed by atoms with E-state index in [4.69, 9.17) is 25.1 Å². The van der Waals surface area contributed by atoms with Crippen molar-refractivity contribution >= 4 is 17.8 Å². The van der Waals surface area contributed by atoms with Gasteiger partial charge in [0.15, 0.2) is 7.20 Å². The van der Waals surface area contributed by atoms with Crippen LogP contribution in [0.3, 0.4) is 0 Å². The summed E-state index contributed by atoms with van der Waals surface area (Å²) < 4.78 is 33.5. The third-order valence-electron chi connectivity index (χ3n) is 7.32. The van der Waals surface area contributed by atoms with Crippen molar-refractivity contribution in [3.8, 4) is 11.1 Å². The second kappa shape index (κ2) is 19.1. The van der Waals surface area contributed by atoms with E-state index in [1.165, 1.54) is 0 Å². The Morgan fingerprint density at radius 1 is 0.860 bits per heavy atom. The predicted octanol–water partition coefficient (Wildman–Crippen LogP) is 4.40. The van der Waals surface area contributed by atoms with Gasteiger partial charge >= 0.3 is 6.09 Å². The Hall–Kier alpha value is -3.31. The van der Waals surface area contributed by atoms with E-state index in [9.17, 15) is 14.4 Å². The van der Waals surface area contributed by atoms with E-state index in [0.29, 0.717) is 83.9 Å². The van der Waals surface area contributed by atoms with Crippen LogP contribution in [0.5, 0.6) is 0 Å². The highest BCUT2D eigenvalue weighted by Gasteiger charge is 2.32. The fourth-order valence-corrected chi connectivity index (χ4v) is 5.27. The first-order valence-electron chi connectivity index (χ1n) is 15.5. The molecule has 10 heteroatoms. The Labute approximate surface area is 256 Å². The first kappa shape index (κ1) is 32.6. The standard InChI is InChI=1S/C33H46N2O8/c1-39-16-6-19-41-18-5-11-30(36)27-10-4-9-25-29(23-43-33(34)38)28-22-24(13-14-26(28)32(25)27)8-3-12-31(37)35-15-21-42-20-7-17-40-2/h4,9-10,13-14,22,29H,3,5-8,11-12,15-21,23H2,1-2H3,(H2,34,38)(H,35,37)/i/hD. The van der Waals surface area contributed by atoms with Gasteiger partial charge in [0.25, 0.3) is 0 Å². The van der Waals surface area contributed by atoms with Gasteiger partial charge in [0.1, 0.15) is 6.61 Å². The summed E-state index contributed by atoms with van der Waals surface area (Å²) in [4.78, 5) is 37.4. The van der Waals surface area contributed by atoms with Crippen molar-refractivity contribution < 1.29 is 39.5 Å². The van der Waals surface area contributed by atoms with E-state index < -0.39 is 6.09 Å². The Kier molecular flexibility index (Phi) is 14.5. The lowest BCUT2D eigenvalue weighted by Gasteiger charge is -2.14. The molecule has 0 bridgehead atoms. The lowest BCUT2D eigenvalue weighted by Crippen LogP contribution is -2.27. The van der Waals surface area contributed by atoms with E-state index in [1.807, 2.05) is 30.3 Å². The molecule has 0 fully saturated rings. The lowest BCUT2D eigenvalue weighted by molar-refractivity contribution is -0.121. The van der Waals surface area contributed by atoms with Gasteiger partial charge in [-0.15, -0.1) is 0 Å². The van der Waals surface area contributed by atoms with Gasteiger partial charge in [-0.2, -0.15) is 0 Å². The summed E-state index contributed by atoms with van der Waals surface area (Å²) >= 11 is 0. The maximum atomic E-state index is 13.3. The number of aryl methyl sites for hydroxylation is 1. The smallest absolute Gasteiger partial charge is 0.404 e. The van der Waals surface area contributed by atoms with Crippen LogP contribution in [-0.2, 0) is 34.9 Å². The zero-order chi connectivity index (χ0) is 31.6. The molecule has 1 atom stereocenters. The number of benzene rings is 2. The SMILES string of the molecule is [2H]NC(=O)OCC1c2cc(CCCC(=O)NCCOCCCOC)ccc2-c2c(C(=O)CCCOCCCOC)cccc21. The summed E-state index contributed by atoms with van der Waals surface area (Å²) in [5.41, 5.74) is 7.14. The zero-order valence-electron chi connectivity index (χ0n) is 26.4. The molecule has 0 aromatic heterocycles. The maximum absolute atomic E-state index is 13.3. The molecule has 236 valence electrons. The number of rotatable bonds is 22. The van der Waals surface area contributed by atoms with Crippen molar-refractivity contribution in [3.63, 3.8) is 0 Å². The average Bonchev–Trinajstić information content (AvgIpc) is 3.35. The number of ether oxygens (including phenoxy) is 5. The second-order valence-corrected chi connectivity index (χ2v) is 10.5. The van der Waals surface area contributed by atoms with Crippen molar-refractivity contribution in [2.24, 2.45) is 5.73 Å². The van der Waals surface area contributed by atoms with Gasteiger partial charge in [-0.05, 0) is 59.9 Å².